The third-order valence-corrected chi connectivity index (χ3v) is 9.43. The van der Waals surface area contributed by atoms with Crippen LogP contribution in [0.5, 0.6) is 5.75 Å². The van der Waals surface area contributed by atoms with Crippen LogP contribution in [0.3, 0.4) is 0 Å². The minimum Gasteiger partial charge on any atom is -0.491 e. The Balaban J connectivity index is 0.933. The summed E-state index contributed by atoms with van der Waals surface area (Å²) in [6.45, 7) is 5.98. The van der Waals surface area contributed by atoms with Gasteiger partial charge in [0.15, 0.2) is 0 Å². The second-order valence-corrected chi connectivity index (χ2v) is 12.8. The molecule has 2 aromatic heterocycles. The SMILES string of the molecule is Clc1ccc(C2(Cn3ccnc3)OCC(COc3ccc(N4CCN(Cc5nc6ccccc6s5)CC4)cc3)O2)c(Cl)c1. The normalized spacial score (nSPS) is 21.1. The van der Waals surface area contributed by atoms with Crippen LogP contribution >= 0.6 is 34.5 Å². The quantitative estimate of drug-likeness (QED) is 0.184. The van der Waals surface area contributed by atoms with Gasteiger partial charge in [-0.1, -0.05) is 41.4 Å². The lowest BCUT2D eigenvalue weighted by Crippen LogP contribution is -2.45. The van der Waals surface area contributed by atoms with E-state index in [1.54, 1.807) is 36.0 Å². The van der Waals surface area contributed by atoms with Gasteiger partial charge in [-0.15, -0.1) is 11.3 Å². The van der Waals surface area contributed by atoms with Gasteiger partial charge < -0.3 is 23.7 Å². The molecule has 0 bridgehead atoms. The summed E-state index contributed by atoms with van der Waals surface area (Å²) in [6, 6.07) is 22.0. The molecule has 222 valence electrons. The number of halogens is 2. The Morgan fingerprint density at radius 2 is 1.84 bits per heavy atom. The van der Waals surface area contributed by atoms with Gasteiger partial charge in [-0.2, -0.15) is 0 Å². The molecule has 0 spiro atoms. The molecule has 2 unspecified atom stereocenters. The highest BCUT2D eigenvalue weighted by molar-refractivity contribution is 7.18. The van der Waals surface area contributed by atoms with Gasteiger partial charge in [0.2, 0.25) is 5.79 Å². The molecule has 0 amide bonds. The first-order chi connectivity index (χ1) is 21.0. The van der Waals surface area contributed by atoms with Crippen molar-refractivity contribution in [1.29, 1.82) is 0 Å². The third kappa shape index (κ3) is 6.38. The summed E-state index contributed by atoms with van der Waals surface area (Å²) in [5.41, 5.74) is 3.01. The van der Waals surface area contributed by atoms with Crippen LogP contribution in [0, 0.1) is 0 Å². The number of hydrogen-bond donors (Lipinski definition) is 0. The lowest BCUT2D eigenvalue weighted by Gasteiger charge is -2.35. The van der Waals surface area contributed by atoms with Crippen molar-refractivity contribution in [3.63, 3.8) is 0 Å². The van der Waals surface area contributed by atoms with E-state index < -0.39 is 5.79 Å². The van der Waals surface area contributed by atoms with E-state index in [1.807, 2.05) is 35.0 Å². The maximum atomic E-state index is 6.59. The van der Waals surface area contributed by atoms with Gasteiger partial charge in [-0.05, 0) is 48.5 Å². The second-order valence-electron chi connectivity index (χ2n) is 10.8. The van der Waals surface area contributed by atoms with E-state index in [1.165, 1.54) is 15.4 Å². The average molecular weight is 637 g/mol. The number of piperazine rings is 1. The van der Waals surface area contributed by atoms with Crippen molar-refractivity contribution in [2.75, 3.05) is 44.3 Å². The second kappa shape index (κ2) is 12.4. The molecule has 8 nitrogen and oxygen atoms in total. The molecule has 0 saturated carbocycles. The topological polar surface area (TPSA) is 64.9 Å². The summed E-state index contributed by atoms with van der Waals surface area (Å²) in [5, 5.41) is 2.23. The summed E-state index contributed by atoms with van der Waals surface area (Å²) in [6.07, 6.45) is 5.04. The van der Waals surface area contributed by atoms with Crippen molar-refractivity contribution in [2.45, 2.75) is 25.0 Å². The average Bonchev–Trinajstić information content (AvgIpc) is 3.77. The lowest BCUT2D eigenvalue weighted by atomic mass is 10.1. The molecule has 2 fully saturated rings. The van der Waals surface area contributed by atoms with E-state index >= 15 is 0 Å². The van der Waals surface area contributed by atoms with Crippen molar-refractivity contribution in [3.8, 4) is 5.75 Å². The molecule has 2 saturated heterocycles. The van der Waals surface area contributed by atoms with Gasteiger partial charge in [-0.3, -0.25) is 4.90 Å². The summed E-state index contributed by atoms with van der Waals surface area (Å²) in [5.74, 6) is -0.284. The molecule has 2 aliphatic heterocycles. The van der Waals surface area contributed by atoms with Crippen molar-refractivity contribution in [2.24, 2.45) is 0 Å². The molecule has 43 heavy (non-hydrogen) atoms. The molecule has 5 aromatic rings. The molecule has 3 aromatic carbocycles. The molecule has 0 aliphatic carbocycles. The molecule has 11 heteroatoms. The predicted octanol–water partition coefficient (Wildman–Crippen LogP) is 6.47. The molecule has 7 rings (SSSR count). The van der Waals surface area contributed by atoms with Crippen LogP contribution < -0.4 is 9.64 Å². The van der Waals surface area contributed by atoms with Crippen LogP contribution in [-0.4, -0.2) is 64.9 Å². The number of anilines is 1. The van der Waals surface area contributed by atoms with E-state index in [4.69, 9.17) is 42.4 Å². The number of thiazole rings is 1. The molecule has 2 aliphatic rings. The van der Waals surface area contributed by atoms with Crippen molar-refractivity contribution in [1.82, 2.24) is 19.4 Å². The Morgan fingerprint density at radius 3 is 2.60 bits per heavy atom. The fourth-order valence-electron chi connectivity index (χ4n) is 5.66. The van der Waals surface area contributed by atoms with E-state index in [0.29, 0.717) is 29.8 Å². The number of hydrogen-bond acceptors (Lipinski definition) is 8. The van der Waals surface area contributed by atoms with E-state index in [2.05, 4.69) is 45.1 Å². The third-order valence-electron chi connectivity index (χ3n) is 7.86. The molecule has 4 heterocycles. The van der Waals surface area contributed by atoms with E-state index in [-0.39, 0.29) is 6.10 Å². The van der Waals surface area contributed by atoms with Crippen LogP contribution in [0.25, 0.3) is 10.2 Å². The number of rotatable bonds is 9. The number of para-hydroxylation sites is 1. The highest BCUT2D eigenvalue weighted by atomic mass is 35.5. The number of nitrogens with zero attached hydrogens (tertiary/aromatic N) is 5. The standard InChI is InChI=1S/C32H31Cl2N5O3S/c33-23-5-10-27(28(34)17-23)32(21-38-12-11-35-22-38)41-20-26(42-32)19-40-25-8-6-24(7-9-25)39-15-13-37(14-16-39)18-31-36-29-3-1-2-4-30(29)43-31/h1-12,17,22,26H,13-16,18-21H2. The number of benzene rings is 3. The maximum absolute atomic E-state index is 6.59. The van der Waals surface area contributed by atoms with Gasteiger partial charge in [0.05, 0.1) is 41.3 Å². The van der Waals surface area contributed by atoms with Crippen LogP contribution in [0.15, 0.2) is 85.5 Å². The number of imidazole rings is 1. The zero-order valence-corrected chi connectivity index (χ0v) is 25.8. The largest absolute Gasteiger partial charge is 0.491 e. The first-order valence-electron chi connectivity index (χ1n) is 14.3. The highest BCUT2D eigenvalue weighted by Gasteiger charge is 2.45. The Kier molecular flexibility index (Phi) is 8.27. The smallest absolute Gasteiger partial charge is 0.215 e. The molecule has 0 N–H and O–H groups in total. The van der Waals surface area contributed by atoms with Crippen molar-refractivity contribution >= 4 is 50.4 Å². The number of fused-ring (bicyclic) bond motifs is 1. The summed E-state index contributed by atoms with van der Waals surface area (Å²) >= 11 is 14.5. The Hall–Kier alpha value is -3.18. The fraction of sp³-hybridized carbons (Fsp3) is 0.312. The summed E-state index contributed by atoms with van der Waals surface area (Å²) in [7, 11) is 0. The van der Waals surface area contributed by atoms with Crippen molar-refractivity contribution < 1.29 is 14.2 Å². The first-order valence-corrected chi connectivity index (χ1v) is 15.9. The van der Waals surface area contributed by atoms with E-state index in [0.717, 1.165) is 49.6 Å². The minimum absolute atomic E-state index is 0.279. The van der Waals surface area contributed by atoms with Gasteiger partial charge in [0.1, 0.15) is 23.5 Å². The van der Waals surface area contributed by atoms with Crippen LogP contribution in [0.1, 0.15) is 10.6 Å². The Morgan fingerprint density at radius 1 is 1.00 bits per heavy atom. The number of aromatic nitrogens is 3. The molecule has 0 radical (unpaired) electrons. The minimum atomic E-state index is -1.07. The van der Waals surface area contributed by atoms with Crippen LogP contribution in [0.4, 0.5) is 5.69 Å². The maximum Gasteiger partial charge on any atom is 0.215 e. The number of ether oxygens (including phenoxy) is 3. The first kappa shape index (κ1) is 28.6. The fourth-order valence-corrected chi connectivity index (χ4v) is 7.22. The predicted molar refractivity (Wildman–Crippen MR) is 170 cm³/mol. The lowest BCUT2D eigenvalue weighted by molar-refractivity contribution is -0.189. The Labute approximate surface area is 264 Å². The van der Waals surface area contributed by atoms with Gasteiger partial charge in [0.25, 0.3) is 0 Å². The monoisotopic (exact) mass is 635 g/mol. The molecular formula is C32H31Cl2N5O3S. The van der Waals surface area contributed by atoms with Crippen molar-refractivity contribution in [3.05, 3.63) is 106 Å². The molecule has 2 atom stereocenters. The summed E-state index contributed by atoms with van der Waals surface area (Å²) in [4.78, 5) is 13.9. The zero-order chi connectivity index (χ0) is 29.2. The summed E-state index contributed by atoms with van der Waals surface area (Å²) < 4.78 is 22.1. The zero-order valence-electron chi connectivity index (χ0n) is 23.4. The van der Waals surface area contributed by atoms with E-state index in [9.17, 15) is 0 Å². The van der Waals surface area contributed by atoms with Crippen LogP contribution in [-0.2, 0) is 28.4 Å². The van der Waals surface area contributed by atoms with Gasteiger partial charge in [-0.25, -0.2) is 9.97 Å². The van der Waals surface area contributed by atoms with Gasteiger partial charge in [0, 0.05) is 54.8 Å². The van der Waals surface area contributed by atoms with Gasteiger partial charge >= 0.3 is 0 Å². The Bertz CT molecular complexity index is 1640. The highest BCUT2D eigenvalue weighted by Crippen LogP contribution is 2.40. The van der Waals surface area contributed by atoms with Crippen LogP contribution in [0.2, 0.25) is 10.0 Å². The molecular weight excluding hydrogens is 605 g/mol.